The first-order chi connectivity index (χ1) is 9.95. The summed E-state index contributed by atoms with van der Waals surface area (Å²) in [5.41, 5.74) is 2.97. The molecule has 6 nitrogen and oxygen atoms in total. The molecule has 21 heavy (non-hydrogen) atoms. The summed E-state index contributed by atoms with van der Waals surface area (Å²) in [6, 6.07) is 5.42. The van der Waals surface area contributed by atoms with E-state index in [1.54, 1.807) is 36.8 Å². The van der Waals surface area contributed by atoms with Gasteiger partial charge in [0.05, 0.1) is 0 Å². The first kappa shape index (κ1) is 13.1. The maximum atomic E-state index is 11.7. The van der Waals surface area contributed by atoms with Gasteiger partial charge in [0.1, 0.15) is 5.65 Å². The predicted octanol–water partition coefficient (Wildman–Crippen LogP) is 1.71. The van der Waals surface area contributed by atoms with Gasteiger partial charge in [0, 0.05) is 31.2 Å². The van der Waals surface area contributed by atoms with Crippen LogP contribution in [0.25, 0.3) is 16.8 Å². The van der Waals surface area contributed by atoms with Crippen LogP contribution in [0.1, 0.15) is 16.1 Å². The van der Waals surface area contributed by atoms with E-state index in [4.69, 9.17) is 5.11 Å². The first-order valence-corrected chi connectivity index (χ1v) is 6.35. The van der Waals surface area contributed by atoms with Crippen LogP contribution in [0.3, 0.4) is 0 Å². The molecular weight excluding hydrogens is 270 g/mol. The molecule has 0 aliphatic heterocycles. The average Bonchev–Trinajstić information content (AvgIpc) is 2.87. The number of imidazole rings is 1. The molecule has 0 radical (unpaired) electrons. The molecule has 0 aromatic carbocycles. The molecule has 6 heteroatoms. The maximum Gasteiger partial charge on any atom is 0.356 e. The summed E-state index contributed by atoms with van der Waals surface area (Å²) in [5, 5.41) is 8.96. The fraction of sp³-hybridized carbons (Fsp3) is 0.133. The highest BCUT2D eigenvalue weighted by atomic mass is 16.4. The number of carboxylic acid groups (broad SMARTS) is 1. The van der Waals surface area contributed by atoms with Gasteiger partial charge in [-0.1, -0.05) is 0 Å². The van der Waals surface area contributed by atoms with Crippen LogP contribution in [-0.2, 0) is 7.05 Å². The molecule has 3 aromatic rings. The molecular formula is C15H13N3O3. The van der Waals surface area contributed by atoms with Gasteiger partial charge in [0.25, 0.3) is 5.56 Å². The number of aromatic carboxylic acids is 1. The Kier molecular flexibility index (Phi) is 2.86. The Morgan fingerprint density at radius 1 is 1.19 bits per heavy atom. The lowest BCUT2D eigenvalue weighted by Gasteiger charge is -2.06. The van der Waals surface area contributed by atoms with Crippen molar-refractivity contribution in [2.24, 2.45) is 7.05 Å². The third kappa shape index (κ3) is 2.20. The van der Waals surface area contributed by atoms with Gasteiger partial charge in [-0.3, -0.25) is 4.79 Å². The Labute approximate surface area is 119 Å². The molecule has 0 aliphatic carbocycles. The molecule has 0 saturated heterocycles. The quantitative estimate of drug-likeness (QED) is 0.776. The van der Waals surface area contributed by atoms with Crippen molar-refractivity contribution < 1.29 is 9.90 Å². The summed E-state index contributed by atoms with van der Waals surface area (Å²) in [6.45, 7) is 1.77. The summed E-state index contributed by atoms with van der Waals surface area (Å²) in [5.74, 6) is -1.06. The van der Waals surface area contributed by atoms with Crippen LogP contribution in [-0.4, -0.2) is 25.0 Å². The fourth-order valence-corrected chi connectivity index (χ4v) is 2.30. The van der Waals surface area contributed by atoms with E-state index >= 15 is 0 Å². The highest BCUT2D eigenvalue weighted by Gasteiger charge is 2.10. The molecule has 0 saturated carbocycles. The predicted molar refractivity (Wildman–Crippen MR) is 77.6 cm³/mol. The highest BCUT2D eigenvalue weighted by molar-refractivity contribution is 5.86. The van der Waals surface area contributed by atoms with Crippen LogP contribution < -0.4 is 5.56 Å². The molecule has 0 bridgehead atoms. The molecule has 3 heterocycles. The van der Waals surface area contributed by atoms with Crippen molar-refractivity contribution in [2.45, 2.75) is 6.92 Å². The minimum atomic E-state index is -1.06. The van der Waals surface area contributed by atoms with Crippen LogP contribution in [0.2, 0.25) is 0 Å². The minimum absolute atomic E-state index is 0.00351. The summed E-state index contributed by atoms with van der Waals surface area (Å²) in [7, 11) is 1.71. The fourth-order valence-electron chi connectivity index (χ4n) is 2.30. The molecule has 3 rings (SSSR count). The number of carboxylic acids is 1. The summed E-state index contributed by atoms with van der Waals surface area (Å²) < 4.78 is 3.20. The molecule has 0 fully saturated rings. The molecule has 0 amide bonds. The van der Waals surface area contributed by atoms with E-state index in [9.17, 15) is 9.59 Å². The number of nitrogens with zero attached hydrogens (tertiary/aromatic N) is 3. The van der Waals surface area contributed by atoms with Gasteiger partial charge in [-0.25, -0.2) is 9.78 Å². The first-order valence-electron chi connectivity index (χ1n) is 6.35. The zero-order chi connectivity index (χ0) is 15.1. The van der Waals surface area contributed by atoms with Gasteiger partial charge >= 0.3 is 5.97 Å². The number of aryl methyl sites for hydroxylation is 2. The zero-order valence-corrected chi connectivity index (χ0v) is 11.6. The normalized spacial score (nSPS) is 11.0. The largest absolute Gasteiger partial charge is 0.476 e. The Hall–Kier alpha value is -2.89. The lowest BCUT2D eigenvalue weighted by molar-refractivity contribution is 0.0691. The standard InChI is InChI=1S/C15H13N3O3/c1-9-5-11(6-17(2)14(9)19)10-3-4-13-16-12(15(20)21)8-18(13)7-10/h3-8H,1-2H3,(H,20,21). The summed E-state index contributed by atoms with van der Waals surface area (Å²) in [6.07, 6.45) is 5.02. The third-order valence-electron chi connectivity index (χ3n) is 3.37. The number of carbonyl (C=O) groups is 1. The SMILES string of the molecule is Cc1cc(-c2ccc3nc(C(=O)O)cn3c2)cn(C)c1=O. The third-order valence-corrected chi connectivity index (χ3v) is 3.37. The van der Waals surface area contributed by atoms with Crippen LogP contribution in [0.4, 0.5) is 0 Å². The van der Waals surface area contributed by atoms with Crippen molar-refractivity contribution in [1.29, 1.82) is 0 Å². The number of hydrogen-bond acceptors (Lipinski definition) is 3. The van der Waals surface area contributed by atoms with E-state index in [1.807, 2.05) is 12.1 Å². The highest BCUT2D eigenvalue weighted by Crippen LogP contribution is 2.20. The lowest BCUT2D eigenvalue weighted by atomic mass is 10.1. The number of hydrogen-bond donors (Lipinski definition) is 1. The van der Waals surface area contributed by atoms with Crippen molar-refractivity contribution in [3.63, 3.8) is 0 Å². The van der Waals surface area contributed by atoms with Gasteiger partial charge in [-0.05, 0) is 36.2 Å². The smallest absolute Gasteiger partial charge is 0.356 e. The van der Waals surface area contributed by atoms with E-state index < -0.39 is 5.97 Å². The molecule has 3 aromatic heterocycles. The average molecular weight is 283 g/mol. The van der Waals surface area contributed by atoms with Crippen LogP contribution in [0, 0.1) is 6.92 Å². The number of fused-ring (bicyclic) bond motifs is 1. The van der Waals surface area contributed by atoms with E-state index in [0.717, 1.165) is 11.1 Å². The zero-order valence-electron chi connectivity index (χ0n) is 11.6. The molecule has 0 spiro atoms. The van der Waals surface area contributed by atoms with Crippen molar-refractivity contribution in [3.8, 4) is 11.1 Å². The molecule has 106 valence electrons. The number of aromatic nitrogens is 3. The topological polar surface area (TPSA) is 76.6 Å². The molecule has 1 N–H and O–H groups in total. The maximum absolute atomic E-state index is 11.7. The summed E-state index contributed by atoms with van der Waals surface area (Å²) in [4.78, 5) is 26.7. The number of rotatable bonds is 2. The van der Waals surface area contributed by atoms with Crippen molar-refractivity contribution in [2.75, 3.05) is 0 Å². The van der Waals surface area contributed by atoms with Gasteiger partial charge < -0.3 is 14.1 Å². The summed E-state index contributed by atoms with van der Waals surface area (Å²) >= 11 is 0. The van der Waals surface area contributed by atoms with Gasteiger partial charge in [0.2, 0.25) is 0 Å². The molecule has 0 atom stereocenters. The van der Waals surface area contributed by atoms with Crippen LogP contribution in [0.15, 0.2) is 41.6 Å². The van der Waals surface area contributed by atoms with Gasteiger partial charge in [0.15, 0.2) is 5.69 Å². The van der Waals surface area contributed by atoms with Gasteiger partial charge in [-0.15, -0.1) is 0 Å². The van der Waals surface area contributed by atoms with Crippen molar-refractivity contribution >= 4 is 11.6 Å². The second-order valence-corrected chi connectivity index (χ2v) is 4.94. The minimum Gasteiger partial charge on any atom is -0.476 e. The van der Waals surface area contributed by atoms with E-state index in [-0.39, 0.29) is 11.3 Å². The van der Waals surface area contributed by atoms with E-state index in [1.165, 1.54) is 10.8 Å². The van der Waals surface area contributed by atoms with Gasteiger partial charge in [-0.2, -0.15) is 0 Å². The monoisotopic (exact) mass is 283 g/mol. The number of pyridine rings is 2. The van der Waals surface area contributed by atoms with E-state index in [0.29, 0.717) is 11.2 Å². The Morgan fingerprint density at radius 2 is 1.95 bits per heavy atom. The van der Waals surface area contributed by atoms with Crippen LogP contribution >= 0.6 is 0 Å². The Morgan fingerprint density at radius 3 is 2.62 bits per heavy atom. The Balaban J connectivity index is 2.17. The second-order valence-electron chi connectivity index (χ2n) is 4.94. The van der Waals surface area contributed by atoms with Crippen LogP contribution in [0.5, 0.6) is 0 Å². The second kappa shape index (κ2) is 4.59. The van der Waals surface area contributed by atoms with E-state index in [2.05, 4.69) is 4.98 Å². The lowest BCUT2D eigenvalue weighted by Crippen LogP contribution is -2.18. The van der Waals surface area contributed by atoms with Crippen molar-refractivity contribution in [3.05, 3.63) is 58.4 Å². The van der Waals surface area contributed by atoms with Crippen molar-refractivity contribution in [1.82, 2.24) is 14.0 Å². The molecule has 0 aliphatic rings. The Bertz CT molecular complexity index is 895. The molecule has 0 unspecified atom stereocenters.